The largest absolute Gasteiger partial charge is 0.329 e. The van der Waals surface area contributed by atoms with Gasteiger partial charge in [-0.3, -0.25) is 9.58 Å². The summed E-state index contributed by atoms with van der Waals surface area (Å²) in [5.74, 6) is 0.862. The van der Waals surface area contributed by atoms with Gasteiger partial charge in [-0.1, -0.05) is 12.8 Å². The number of nitrogens with two attached hydrogens (primary N) is 1. The quantitative estimate of drug-likeness (QED) is 0.867. The van der Waals surface area contributed by atoms with E-state index in [0.717, 1.165) is 18.2 Å². The molecule has 4 nitrogen and oxygen atoms in total. The van der Waals surface area contributed by atoms with Crippen LogP contribution >= 0.6 is 0 Å². The molecule has 0 saturated heterocycles. The molecule has 1 heterocycles. The molecule has 0 aromatic carbocycles. The number of likely N-dealkylation sites (N-methyl/N-ethyl adjacent to an activating group) is 1. The van der Waals surface area contributed by atoms with Crippen molar-refractivity contribution in [2.75, 3.05) is 20.1 Å². The number of aryl methyl sites for hydroxylation is 2. The van der Waals surface area contributed by atoms with Crippen LogP contribution in [0.25, 0.3) is 0 Å². The van der Waals surface area contributed by atoms with Crippen LogP contribution in [0.2, 0.25) is 0 Å². The Kier molecular flexibility index (Phi) is 4.40. The van der Waals surface area contributed by atoms with E-state index in [0.29, 0.717) is 12.6 Å². The first-order valence-corrected chi connectivity index (χ1v) is 7.02. The van der Waals surface area contributed by atoms with E-state index < -0.39 is 0 Å². The molecule has 1 aliphatic carbocycles. The molecule has 1 unspecified atom stereocenters. The first-order valence-electron chi connectivity index (χ1n) is 7.02. The summed E-state index contributed by atoms with van der Waals surface area (Å²) in [6, 6.07) is 0.305. The minimum atomic E-state index is 0.305. The normalized spacial score (nSPS) is 18.7. The summed E-state index contributed by atoms with van der Waals surface area (Å²) in [6.45, 7) is 3.90. The lowest BCUT2D eigenvalue weighted by Gasteiger charge is -2.29. The summed E-state index contributed by atoms with van der Waals surface area (Å²) in [4.78, 5) is 2.42. The van der Waals surface area contributed by atoms with E-state index in [4.69, 9.17) is 5.73 Å². The van der Waals surface area contributed by atoms with Crippen molar-refractivity contribution in [2.45, 2.75) is 38.6 Å². The maximum atomic E-state index is 5.98. The molecule has 0 radical (unpaired) electrons. The van der Waals surface area contributed by atoms with Crippen LogP contribution in [-0.2, 0) is 7.05 Å². The highest BCUT2D eigenvalue weighted by Gasteiger charge is 2.23. The lowest BCUT2D eigenvalue weighted by Crippen LogP contribution is -2.34. The highest BCUT2D eigenvalue weighted by Crippen LogP contribution is 2.28. The third kappa shape index (κ3) is 2.93. The minimum Gasteiger partial charge on any atom is -0.329 e. The molecule has 1 aromatic heterocycles. The molecule has 1 atom stereocenters. The number of hydrogen-bond acceptors (Lipinski definition) is 3. The van der Waals surface area contributed by atoms with Gasteiger partial charge in [-0.2, -0.15) is 5.10 Å². The molecular weight excluding hydrogens is 224 g/mol. The lowest BCUT2D eigenvalue weighted by molar-refractivity contribution is 0.212. The first kappa shape index (κ1) is 13.6. The average molecular weight is 250 g/mol. The molecule has 0 amide bonds. The third-order valence-electron chi connectivity index (χ3n) is 4.19. The molecule has 2 rings (SSSR count). The van der Waals surface area contributed by atoms with Gasteiger partial charge >= 0.3 is 0 Å². The second-order valence-corrected chi connectivity index (χ2v) is 5.69. The van der Waals surface area contributed by atoms with Gasteiger partial charge in [0.25, 0.3) is 0 Å². The molecule has 1 saturated carbocycles. The Morgan fingerprint density at radius 3 is 2.67 bits per heavy atom. The second-order valence-electron chi connectivity index (χ2n) is 5.69. The van der Waals surface area contributed by atoms with Crippen LogP contribution in [0.4, 0.5) is 0 Å². The van der Waals surface area contributed by atoms with Crippen molar-refractivity contribution in [1.82, 2.24) is 14.7 Å². The van der Waals surface area contributed by atoms with Gasteiger partial charge in [0.05, 0.1) is 11.7 Å². The fourth-order valence-electron chi connectivity index (χ4n) is 3.22. The summed E-state index contributed by atoms with van der Waals surface area (Å²) in [7, 11) is 4.17. The third-order valence-corrected chi connectivity index (χ3v) is 4.19. The molecule has 0 spiro atoms. The Labute approximate surface area is 110 Å². The van der Waals surface area contributed by atoms with Gasteiger partial charge in [0.15, 0.2) is 0 Å². The molecule has 2 N–H and O–H groups in total. The van der Waals surface area contributed by atoms with Crippen LogP contribution in [-0.4, -0.2) is 34.8 Å². The predicted octanol–water partition coefficient (Wildman–Crippen LogP) is 1.85. The molecule has 4 heteroatoms. The van der Waals surface area contributed by atoms with Gasteiger partial charge in [-0.15, -0.1) is 0 Å². The molecule has 1 aromatic rings. The van der Waals surface area contributed by atoms with E-state index in [1.54, 1.807) is 0 Å². The molecule has 0 bridgehead atoms. The number of hydrogen-bond donors (Lipinski definition) is 1. The van der Waals surface area contributed by atoms with Gasteiger partial charge in [-0.25, -0.2) is 0 Å². The zero-order chi connectivity index (χ0) is 13.1. The smallest absolute Gasteiger partial charge is 0.0641 e. The Morgan fingerprint density at radius 1 is 1.50 bits per heavy atom. The van der Waals surface area contributed by atoms with E-state index in [1.165, 1.54) is 31.2 Å². The first-order chi connectivity index (χ1) is 8.61. The lowest BCUT2D eigenvalue weighted by atomic mass is 10.0. The standard InChI is InChI=1S/C14H26N4/c1-11-13(10-18(3)16-11)14(8-15)17(2)9-12-6-4-5-7-12/h10,12,14H,4-9,15H2,1-3H3. The van der Waals surface area contributed by atoms with Crippen molar-refractivity contribution < 1.29 is 0 Å². The summed E-state index contributed by atoms with van der Waals surface area (Å²) in [6.07, 6.45) is 7.68. The summed E-state index contributed by atoms with van der Waals surface area (Å²) in [5.41, 5.74) is 8.36. The Hall–Kier alpha value is -0.870. The van der Waals surface area contributed by atoms with Gasteiger partial charge in [0, 0.05) is 31.9 Å². The van der Waals surface area contributed by atoms with Gasteiger partial charge < -0.3 is 5.73 Å². The van der Waals surface area contributed by atoms with Crippen molar-refractivity contribution in [2.24, 2.45) is 18.7 Å². The van der Waals surface area contributed by atoms with E-state index in [1.807, 2.05) is 11.7 Å². The Balaban J connectivity index is 2.05. The van der Waals surface area contributed by atoms with Crippen molar-refractivity contribution in [3.8, 4) is 0 Å². The van der Waals surface area contributed by atoms with E-state index >= 15 is 0 Å². The van der Waals surface area contributed by atoms with Crippen molar-refractivity contribution in [3.05, 3.63) is 17.5 Å². The fourth-order valence-corrected chi connectivity index (χ4v) is 3.22. The minimum absolute atomic E-state index is 0.305. The monoisotopic (exact) mass is 250 g/mol. The van der Waals surface area contributed by atoms with Crippen LogP contribution < -0.4 is 5.73 Å². The highest BCUT2D eigenvalue weighted by atomic mass is 15.3. The van der Waals surface area contributed by atoms with Gasteiger partial charge in [-0.05, 0) is 32.7 Å². The Bertz CT molecular complexity index is 379. The van der Waals surface area contributed by atoms with Gasteiger partial charge in [0.2, 0.25) is 0 Å². The summed E-state index contributed by atoms with van der Waals surface area (Å²) in [5, 5.41) is 4.43. The molecule has 1 aliphatic rings. The summed E-state index contributed by atoms with van der Waals surface area (Å²) >= 11 is 0. The van der Waals surface area contributed by atoms with Crippen LogP contribution in [0.3, 0.4) is 0 Å². The van der Waals surface area contributed by atoms with Crippen molar-refractivity contribution in [3.63, 3.8) is 0 Å². The van der Waals surface area contributed by atoms with Crippen molar-refractivity contribution in [1.29, 1.82) is 0 Å². The average Bonchev–Trinajstić information content (AvgIpc) is 2.91. The number of nitrogens with zero attached hydrogens (tertiary/aromatic N) is 3. The number of rotatable bonds is 5. The molecular formula is C14H26N4. The Morgan fingerprint density at radius 2 is 2.17 bits per heavy atom. The summed E-state index contributed by atoms with van der Waals surface area (Å²) < 4.78 is 1.89. The van der Waals surface area contributed by atoms with Crippen LogP contribution in [0, 0.1) is 12.8 Å². The molecule has 102 valence electrons. The zero-order valence-corrected chi connectivity index (χ0v) is 11.9. The molecule has 18 heavy (non-hydrogen) atoms. The van der Waals surface area contributed by atoms with Crippen LogP contribution in [0.15, 0.2) is 6.20 Å². The van der Waals surface area contributed by atoms with Crippen LogP contribution in [0.1, 0.15) is 43.0 Å². The van der Waals surface area contributed by atoms with E-state index in [2.05, 4.69) is 30.2 Å². The van der Waals surface area contributed by atoms with Crippen LogP contribution in [0.5, 0.6) is 0 Å². The number of aromatic nitrogens is 2. The maximum Gasteiger partial charge on any atom is 0.0641 e. The van der Waals surface area contributed by atoms with E-state index in [-0.39, 0.29) is 0 Å². The van der Waals surface area contributed by atoms with E-state index in [9.17, 15) is 0 Å². The van der Waals surface area contributed by atoms with Gasteiger partial charge in [0.1, 0.15) is 0 Å². The van der Waals surface area contributed by atoms with Crippen molar-refractivity contribution >= 4 is 0 Å². The second kappa shape index (κ2) is 5.85. The molecule has 1 fully saturated rings. The molecule has 0 aliphatic heterocycles. The maximum absolute atomic E-state index is 5.98. The predicted molar refractivity (Wildman–Crippen MR) is 74.3 cm³/mol. The fraction of sp³-hybridized carbons (Fsp3) is 0.786. The topological polar surface area (TPSA) is 47.1 Å². The SMILES string of the molecule is Cc1nn(C)cc1C(CN)N(C)CC1CCCC1. The highest BCUT2D eigenvalue weighted by molar-refractivity contribution is 5.20. The zero-order valence-electron chi connectivity index (χ0n) is 11.9.